The average Bonchev–Trinajstić information content (AvgIpc) is 3.52. The van der Waals surface area contributed by atoms with Gasteiger partial charge in [-0.25, -0.2) is 0 Å². The Bertz CT molecular complexity index is 2090. The van der Waals surface area contributed by atoms with Crippen molar-refractivity contribution in [2.24, 2.45) is 5.73 Å². The number of methoxy groups -OCH3 is 3. The molecule has 4 heterocycles. The normalized spacial score (nSPS) is 23.1. The van der Waals surface area contributed by atoms with Gasteiger partial charge in [-0.3, -0.25) is 14.6 Å². The highest BCUT2D eigenvalue weighted by Gasteiger charge is 2.56. The lowest BCUT2D eigenvalue weighted by molar-refractivity contribution is -0.123. The van der Waals surface area contributed by atoms with Gasteiger partial charge in [0.15, 0.2) is 23.0 Å². The molecule has 268 valence electrons. The number of hydrogen-bond donors (Lipinski definition) is 5. The molecule has 1 unspecified atom stereocenters. The summed E-state index contributed by atoms with van der Waals surface area (Å²) in [6, 6.07) is 7.41. The van der Waals surface area contributed by atoms with Crippen molar-refractivity contribution >= 4 is 16.8 Å². The topological polar surface area (TPSA) is 169 Å². The van der Waals surface area contributed by atoms with Crippen LogP contribution >= 0.6 is 0 Å². The van der Waals surface area contributed by atoms with Gasteiger partial charge in [0.25, 0.3) is 0 Å². The van der Waals surface area contributed by atoms with Crippen LogP contribution in [0.15, 0.2) is 30.5 Å². The summed E-state index contributed by atoms with van der Waals surface area (Å²) < 4.78 is 17.4. The molecule has 1 saturated heterocycles. The number of fused-ring (bicyclic) bond motifs is 8. The highest BCUT2D eigenvalue weighted by molar-refractivity contribution is 5.86. The van der Waals surface area contributed by atoms with E-state index in [1.54, 1.807) is 14.2 Å². The number of aromatic amines is 1. The van der Waals surface area contributed by atoms with E-state index in [1.807, 2.05) is 58.3 Å². The van der Waals surface area contributed by atoms with Crippen molar-refractivity contribution in [3.8, 4) is 34.8 Å². The van der Waals surface area contributed by atoms with Crippen LogP contribution in [0.5, 0.6) is 28.7 Å². The molecule has 3 aromatic carbocycles. The number of benzene rings is 3. The maximum atomic E-state index is 13.8. The summed E-state index contributed by atoms with van der Waals surface area (Å²) >= 11 is 0. The van der Waals surface area contributed by atoms with Crippen LogP contribution < -0.4 is 25.3 Å². The molecule has 1 aromatic heterocycles. The number of carbonyl (C=O) groups is 1. The molecule has 3 aliphatic heterocycles. The van der Waals surface area contributed by atoms with E-state index < -0.39 is 18.1 Å². The summed E-state index contributed by atoms with van der Waals surface area (Å²) in [6.07, 6.45) is 3.13. The zero-order valence-corrected chi connectivity index (χ0v) is 30.1. The van der Waals surface area contributed by atoms with Crippen molar-refractivity contribution in [3.05, 3.63) is 75.0 Å². The number of nitriles is 1. The van der Waals surface area contributed by atoms with Gasteiger partial charge in [-0.2, -0.15) is 5.26 Å². The second kappa shape index (κ2) is 13.0. The first-order chi connectivity index (χ1) is 24.5. The number of nitrogens with two attached hydrogens (primary N) is 1. The smallest absolute Gasteiger partial charge is 0.237 e. The summed E-state index contributed by atoms with van der Waals surface area (Å²) in [7, 11) is 6.65. The quantitative estimate of drug-likeness (QED) is 0.182. The number of hydrogen-bond acceptors (Lipinski definition) is 10. The largest absolute Gasteiger partial charge is 0.504 e. The number of likely N-dealkylation sites (N-methyl/N-ethyl adjacent to an activating group) is 1. The fourth-order valence-electron chi connectivity index (χ4n) is 9.30. The SMILES string of the molecule is COc1c(C)c(C)c2c(c1O)[C@@H]1[C@@H]3Cc4c(OC)c(C)c(OC)c(O)c4[C@H](CNC(=O)[C@@H](N)Cc4c[nH]c5ccccc45)N3C(C#N)[C@H](C2)N1C. The van der Waals surface area contributed by atoms with E-state index in [-0.39, 0.29) is 47.8 Å². The number of H-pyrrole nitrogens is 1. The molecule has 0 saturated carbocycles. The van der Waals surface area contributed by atoms with Gasteiger partial charge < -0.3 is 40.5 Å². The van der Waals surface area contributed by atoms with Gasteiger partial charge in [0.05, 0.1) is 45.5 Å². The summed E-state index contributed by atoms with van der Waals surface area (Å²) in [5.41, 5.74) is 14.1. The highest BCUT2D eigenvalue weighted by Crippen LogP contribution is 2.57. The van der Waals surface area contributed by atoms with Crippen molar-refractivity contribution in [2.75, 3.05) is 34.9 Å². The van der Waals surface area contributed by atoms with Crippen molar-refractivity contribution in [2.45, 2.75) is 76.3 Å². The second-order valence-electron chi connectivity index (χ2n) is 14.1. The average molecular weight is 695 g/mol. The van der Waals surface area contributed by atoms with E-state index in [0.29, 0.717) is 41.9 Å². The minimum absolute atomic E-state index is 0.0521. The maximum Gasteiger partial charge on any atom is 0.237 e. The number of piperazine rings is 1. The lowest BCUT2D eigenvalue weighted by Gasteiger charge is -2.60. The molecular weight excluding hydrogens is 648 g/mol. The van der Waals surface area contributed by atoms with E-state index in [0.717, 1.165) is 44.3 Å². The monoisotopic (exact) mass is 694 g/mol. The summed E-state index contributed by atoms with van der Waals surface area (Å²) in [6.45, 7) is 5.88. The third-order valence-corrected chi connectivity index (χ3v) is 11.8. The minimum atomic E-state index is -0.847. The number of nitrogens with zero attached hydrogens (tertiary/aromatic N) is 3. The number of nitrogens with one attached hydrogen (secondary N) is 2. The fraction of sp³-hybridized carbons (Fsp3) is 0.436. The van der Waals surface area contributed by atoms with Gasteiger partial charge >= 0.3 is 0 Å². The van der Waals surface area contributed by atoms with E-state index in [2.05, 4.69) is 26.2 Å². The number of phenols is 2. The lowest BCUT2D eigenvalue weighted by atomic mass is 9.70. The van der Waals surface area contributed by atoms with E-state index >= 15 is 0 Å². The van der Waals surface area contributed by atoms with Crippen LogP contribution in [0.1, 0.15) is 56.6 Å². The lowest BCUT2D eigenvalue weighted by Crippen LogP contribution is -2.69. The van der Waals surface area contributed by atoms with Crippen LogP contribution in [0.25, 0.3) is 10.9 Å². The van der Waals surface area contributed by atoms with Crippen LogP contribution in [0, 0.1) is 32.1 Å². The zero-order chi connectivity index (χ0) is 36.5. The van der Waals surface area contributed by atoms with Gasteiger partial charge in [0.2, 0.25) is 5.91 Å². The number of aromatic nitrogens is 1. The highest BCUT2D eigenvalue weighted by atomic mass is 16.5. The molecule has 3 aliphatic rings. The number of amides is 1. The number of phenolic OH excluding ortho intramolecular Hbond substituents is 2. The molecular formula is C39H46N6O6. The zero-order valence-electron chi connectivity index (χ0n) is 30.1. The third kappa shape index (κ3) is 5.09. The van der Waals surface area contributed by atoms with Gasteiger partial charge in [0.1, 0.15) is 11.8 Å². The van der Waals surface area contributed by atoms with E-state index in [9.17, 15) is 20.3 Å². The van der Waals surface area contributed by atoms with Gasteiger partial charge in [-0.05, 0) is 75.4 Å². The van der Waals surface area contributed by atoms with Gasteiger partial charge in [0, 0.05) is 58.0 Å². The predicted octanol–water partition coefficient (Wildman–Crippen LogP) is 3.99. The number of ether oxygens (including phenoxy) is 3. The molecule has 7 rings (SSSR count). The van der Waals surface area contributed by atoms with Crippen molar-refractivity contribution in [1.82, 2.24) is 20.1 Å². The van der Waals surface area contributed by atoms with E-state index in [1.165, 1.54) is 7.11 Å². The second-order valence-corrected chi connectivity index (χ2v) is 14.1. The molecule has 6 N–H and O–H groups in total. The number of carbonyl (C=O) groups excluding carboxylic acids is 1. The predicted molar refractivity (Wildman–Crippen MR) is 193 cm³/mol. The van der Waals surface area contributed by atoms with Crippen LogP contribution in [0.2, 0.25) is 0 Å². The molecule has 0 aliphatic carbocycles. The Morgan fingerprint density at radius 1 is 0.980 bits per heavy atom. The standard InChI is InChI=1S/C39H46N6O6/c1-18-19(2)37(50-6)35(47)32-23(18)13-27-29(15-40)45-28(33(32)44(27)4)14-24-31(34(46)38(51-7)20(3)36(24)49-5)30(45)17-43-39(48)25(41)12-21-16-42-26-11-9-8-10-22(21)26/h8-11,16,25,27-30,33,42,46-47H,12-14,17,41H2,1-7H3,(H,43,48)/t25-,27-,28-,29?,30-,33-/m0/s1. The molecule has 1 fully saturated rings. The molecule has 4 aromatic rings. The number of para-hydroxylation sites is 1. The van der Waals surface area contributed by atoms with Crippen LogP contribution in [-0.2, 0) is 24.1 Å². The van der Waals surface area contributed by atoms with E-state index in [4.69, 9.17) is 19.9 Å². The Morgan fingerprint density at radius 2 is 1.63 bits per heavy atom. The summed E-state index contributed by atoms with van der Waals surface area (Å²) in [4.78, 5) is 21.3. The van der Waals surface area contributed by atoms with Gasteiger partial charge in [-0.1, -0.05) is 18.2 Å². The summed E-state index contributed by atoms with van der Waals surface area (Å²) in [5.74, 6) is 0.980. The molecule has 6 atom stereocenters. The van der Waals surface area contributed by atoms with Crippen molar-refractivity contribution < 1.29 is 29.2 Å². The first-order valence-electron chi connectivity index (χ1n) is 17.3. The number of rotatable bonds is 8. The molecule has 0 spiro atoms. The summed E-state index contributed by atoms with van der Waals surface area (Å²) in [5, 5.41) is 38.8. The molecule has 2 bridgehead atoms. The molecule has 12 nitrogen and oxygen atoms in total. The van der Waals surface area contributed by atoms with Crippen LogP contribution in [0.3, 0.4) is 0 Å². The first kappa shape index (κ1) is 34.5. The molecule has 51 heavy (non-hydrogen) atoms. The Balaban J connectivity index is 1.34. The van der Waals surface area contributed by atoms with Crippen LogP contribution in [0.4, 0.5) is 0 Å². The first-order valence-corrected chi connectivity index (χ1v) is 17.3. The minimum Gasteiger partial charge on any atom is -0.504 e. The maximum absolute atomic E-state index is 13.8. The molecule has 0 radical (unpaired) electrons. The van der Waals surface area contributed by atoms with Gasteiger partial charge in [-0.15, -0.1) is 0 Å². The molecule has 1 amide bonds. The fourth-order valence-corrected chi connectivity index (χ4v) is 9.30. The van der Waals surface area contributed by atoms with Crippen molar-refractivity contribution in [1.29, 1.82) is 5.26 Å². The Morgan fingerprint density at radius 3 is 2.31 bits per heavy atom. The van der Waals surface area contributed by atoms with Crippen LogP contribution in [-0.4, -0.2) is 90.0 Å². The Labute approximate surface area is 297 Å². The molecule has 12 heteroatoms. The number of aromatic hydroxyl groups is 2. The Hall–Kier alpha value is -4.96. The third-order valence-electron chi connectivity index (χ3n) is 11.8. The Kier molecular flexibility index (Phi) is 8.78. The van der Waals surface area contributed by atoms with Crippen molar-refractivity contribution in [3.63, 3.8) is 0 Å².